The first-order valence-electron chi connectivity index (χ1n) is 10.2. The van der Waals surface area contributed by atoms with Gasteiger partial charge in [0.1, 0.15) is 17.9 Å². The summed E-state index contributed by atoms with van der Waals surface area (Å²) in [4.78, 5) is 25.4. The van der Waals surface area contributed by atoms with Crippen LogP contribution in [0.5, 0.6) is 11.5 Å². The van der Waals surface area contributed by atoms with E-state index < -0.39 is 5.82 Å². The van der Waals surface area contributed by atoms with Crippen LogP contribution in [-0.4, -0.2) is 52.5 Å². The topological polar surface area (TPSA) is 84.6 Å². The largest absolute Gasteiger partial charge is 0.451 e. The highest BCUT2D eigenvalue weighted by atomic mass is 19.1. The van der Waals surface area contributed by atoms with Crippen LogP contribution in [0.1, 0.15) is 45.0 Å². The Balaban J connectivity index is 1.93. The first-order chi connectivity index (χ1) is 14.1. The van der Waals surface area contributed by atoms with E-state index in [1.807, 2.05) is 27.7 Å². The normalized spacial score (nSPS) is 15.3. The lowest BCUT2D eigenvalue weighted by molar-refractivity contribution is 0.0640. The van der Waals surface area contributed by atoms with Gasteiger partial charge in [-0.1, -0.05) is 6.92 Å². The van der Waals surface area contributed by atoms with E-state index >= 15 is 0 Å². The van der Waals surface area contributed by atoms with Crippen molar-refractivity contribution in [1.82, 2.24) is 14.9 Å². The fourth-order valence-electron chi connectivity index (χ4n) is 3.86. The molecule has 1 aromatic heterocycles. The zero-order valence-corrected chi connectivity index (χ0v) is 18.2. The summed E-state index contributed by atoms with van der Waals surface area (Å²) in [7, 11) is 0. The minimum atomic E-state index is -0.496. The minimum Gasteiger partial charge on any atom is -0.451 e. The molecule has 0 saturated carbocycles. The molecule has 0 atom stereocenters. The van der Waals surface area contributed by atoms with E-state index in [9.17, 15) is 9.18 Å². The van der Waals surface area contributed by atoms with Crippen LogP contribution in [0, 0.1) is 11.2 Å². The second kappa shape index (κ2) is 8.55. The molecule has 2 aromatic rings. The summed E-state index contributed by atoms with van der Waals surface area (Å²) in [6.45, 7) is 11.9. The molecule has 162 valence electrons. The number of carbonyl (C=O) groups excluding carboxylic acids is 1. The average molecular weight is 416 g/mol. The molecule has 30 heavy (non-hydrogen) atoms. The molecule has 1 fully saturated rings. The van der Waals surface area contributed by atoms with E-state index in [1.165, 1.54) is 24.5 Å². The Hall–Kier alpha value is -2.74. The van der Waals surface area contributed by atoms with Crippen molar-refractivity contribution >= 4 is 11.7 Å². The molecule has 0 bridgehead atoms. The van der Waals surface area contributed by atoms with Crippen molar-refractivity contribution < 1.29 is 13.9 Å². The zero-order chi connectivity index (χ0) is 22.1. The van der Waals surface area contributed by atoms with Crippen LogP contribution in [-0.2, 0) is 0 Å². The molecule has 1 amide bonds. The molecule has 8 heteroatoms. The first kappa shape index (κ1) is 22.0. The summed E-state index contributed by atoms with van der Waals surface area (Å²) < 4.78 is 20.1. The Morgan fingerprint density at radius 3 is 2.53 bits per heavy atom. The van der Waals surface area contributed by atoms with Gasteiger partial charge in [-0.3, -0.25) is 4.79 Å². The molecular formula is C22H30FN5O2. The van der Waals surface area contributed by atoms with Crippen LogP contribution in [0.15, 0.2) is 30.7 Å². The number of hydrogen-bond donors (Lipinski definition) is 1. The molecule has 0 spiro atoms. The van der Waals surface area contributed by atoms with Gasteiger partial charge in [0.05, 0.1) is 11.8 Å². The van der Waals surface area contributed by atoms with Crippen LogP contribution in [0.4, 0.5) is 10.2 Å². The first-order valence-corrected chi connectivity index (χ1v) is 10.2. The number of anilines is 1. The highest BCUT2D eigenvalue weighted by molar-refractivity contribution is 5.97. The summed E-state index contributed by atoms with van der Waals surface area (Å²) in [5.74, 6) is 0.531. The van der Waals surface area contributed by atoms with E-state index in [0.717, 1.165) is 13.1 Å². The summed E-state index contributed by atoms with van der Waals surface area (Å²) in [6.07, 6.45) is 3.01. The van der Waals surface area contributed by atoms with E-state index in [1.54, 1.807) is 11.1 Å². The van der Waals surface area contributed by atoms with Crippen molar-refractivity contribution in [3.05, 3.63) is 42.1 Å². The molecule has 0 radical (unpaired) electrons. The molecule has 1 aliphatic heterocycles. The molecule has 0 unspecified atom stereocenters. The summed E-state index contributed by atoms with van der Waals surface area (Å²) in [5.41, 5.74) is 6.05. The van der Waals surface area contributed by atoms with Crippen LogP contribution < -0.4 is 15.4 Å². The summed E-state index contributed by atoms with van der Waals surface area (Å²) in [5, 5.41) is 0. The van der Waals surface area contributed by atoms with Gasteiger partial charge in [0.25, 0.3) is 5.91 Å². The minimum absolute atomic E-state index is 0.0360. The van der Waals surface area contributed by atoms with Gasteiger partial charge in [-0.15, -0.1) is 0 Å². The van der Waals surface area contributed by atoms with E-state index in [4.69, 9.17) is 10.5 Å². The fourth-order valence-corrected chi connectivity index (χ4v) is 3.86. The van der Waals surface area contributed by atoms with Crippen molar-refractivity contribution in [2.24, 2.45) is 11.1 Å². The SMILES string of the molecule is CC(C)N(C(=O)c1cc(F)ccc1Oc1cncnc1N1CC(C)(CN)C1)C(C)C. The van der Waals surface area contributed by atoms with Crippen molar-refractivity contribution in [3.8, 4) is 11.5 Å². The third kappa shape index (κ3) is 4.38. The second-order valence-electron chi connectivity index (χ2n) is 8.72. The van der Waals surface area contributed by atoms with Gasteiger partial charge < -0.3 is 20.3 Å². The lowest BCUT2D eigenvalue weighted by atomic mass is 9.82. The molecule has 1 aliphatic rings. The number of benzene rings is 1. The molecule has 1 aromatic carbocycles. The van der Waals surface area contributed by atoms with Gasteiger partial charge in [-0.05, 0) is 45.9 Å². The molecule has 2 N–H and O–H groups in total. The predicted molar refractivity (Wildman–Crippen MR) is 114 cm³/mol. The monoisotopic (exact) mass is 415 g/mol. The lowest BCUT2D eigenvalue weighted by Gasteiger charge is -2.48. The molecule has 3 rings (SSSR count). The number of halogens is 1. The quantitative estimate of drug-likeness (QED) is 0.746. The maximum atomic E-state index is 14.0. The second-order valence-corrected chi connectivity index (χ2v) is 8.72. The fraction of sp³-hybridized carbons (Fsp3) is 0.500. The molecule has 1 saturated heterocycles. The number of ether oxygens (including phenoxy) is 1. The average Bonchev–Trinajstić information content (AvgIpc) is 2.66. The summed E-state index contributed by atoms with van der Waals surface area (Å²) >= 11 is 0. The number of rotatable bonds is 7. The van der Waals surface area contributed by atoms with Gasteiger partial charge in [0.15, 0.2) is 11.6 Å². The lowest BCUT2D eigenvalue weighted by Crippen LogP contribution is -2.58. The van der Waals surface area contributed by atoms with Gasteiger partial charge in [-0.25, -0.2) is 14.4 Å². The van der Waals surface area contributed by atoms with Crippen molar-refractivity contribution in [2.75, 3.05) is 24.5 Å². The van der Waals surface area contributed by atoms with E-state index in [0.29, 0.717) is 18.1 Å². The Morgan fingerprint density at radius 2 is 1.93 bits per heavy atom. The highest BCUT2D eigenvalue weighted by Gasteiger charge is 2.39. The number of carbonyl (C=O) groups is 1. The third-order valence-corrected chi connectivity index (χ3v) is 5.34. The standard InChI is InChI=1S/C22H30FN5O2/c1-14(2)28(15(3)4)21(29)17-8-16(23)6-7-18(17)30-19-9-25-13-26-20(19)27-11-22(5,10-24)12-27/h6-9,13-15H,10-12,24H2,1-5H3. The zero-order valence-electron chi connectivity index (χ0n) is 18.2. The van der Waals surface area contributed by atoms with Crippen LogP contribution in [0.2, 0.25) is 0 Å². The van der Waals surface area contributed by atoms with Gasteiger partial charge in [0.2, 0.25) is 0 Å². The number of nitrogens with two attached hydrogens (primary N) is 1. The maximum absolute atomic E-state index is 14.0. The Morgan fingerprint density at radius 1 is 1.27 bits per heavy atom. The van der Waals surface area contributed by atoms with E-state index in [-0.39, 0.29) is 34.7 Å². The van der Waals surface area contributed by atoms with Gasteiger partial charge in [-0.2, -0.15) is 0 Å². The Labute approximate surface area is 177 Å². The predicted octanol–water partition coefficient (Wildman–Crippen LogP) is 3.45. The van der Waals surface area contributed by atoms with Crippen molar-refractivity contribution in [1.29, 1.82) is 0 Å². The third-order valence-electron chi connectivity index (χ3n) is 5.34. The smallest absolute Gasteiger partial charge is 0.258 e. The van der Waals surface area contributed by atoms with Crippen LogP contribution >= 0.6 is 0 Å². The van der Waals surface area contributed by atoms with Crippen molar-refractivity contribution in [2.45, 2.75) is 46.7 Å². The number of nitrogens with zero attached hydrogens (tertiary/aromatic N) is 4. The highest BCUT2D eigenvalue weighted by Crippen LogP contribution is 2.38. The Bertz CT molecular complexity index is 904. The molecule has 7 nitrogen and oxygen atoms in total. The van der Waals surface area contributed by atoms with Crippen molar-refractivity contribution in [3.63, 3.8) is 0 Å². The number of aromatic nitrogens is 2. The summed E-state index contributed by atoms with van der Waals surface area (Å²) in [6, 6.07) is 3.88. The maximum Gasteiger partial charge on any atom is 0.258 e. The van der Waals surface area contributed by atoms with Crippen LogP contribution in [0.25, 0.3) is 0 Å². The molecule has 2 heterocycles. The molecular weight excluding hydrogens is 385 g/mol. The number of amides is 1. The number of hydrogen-bond acceptors (Lipinski definition) is 6. The van der Waals surface area contributed by atoms with E-state index in [2.05, 4.69) is 21.8 Å². The van der Waals surface area contributed by atoms with Gasteiger partial charge in [0, 0.05) is 37.1 Å². The Kier molecular flexibility index (Phi) is 6.26. The van der Waals surface area contributed by atoms with Crippen LogP contribution in [0.3, 0.4) is 0 Å². The van der Waals surface area contributed by atoms with Gasteiger partial charge >= 0.3 is 0 Å². The molecule has 0 aliphatic carbocycles.